The number of para-hydroxylation sites is 1. The lowest BCUT2D eigenvalue weighted by Crippen LogP contribution is -2.33. The molecule has 4 rings (SSSR count). The molecule has 1 aromatic carbocycles. The third-order valence-corrected chi connectivity index (χ3v) is 7.64. The molecule has 1 aliphatic heterocycles. The highest BCUT2D eigenvalue weighted by atomic mass is 32.1. The molecule has 0 aliphatic carbocycles. The number of anilines is 1. The third kappa shape index (κ3) is 5.94. The Balaban J connectivity index is 1.57. The van der Waals surface area contributed by atoms with Crippen LogP contribution >= 0.6 is 11.3 Å². The molecule has 0 unspecified atom stereocenters. The van der Waals surface area contributed by atoms with Crippen molar-refractivity contribution in [2.45, 2.75) is 40.2 Å². The minimum Gasteiger partial charge on any atom is -0.465 e. The number of hydrogen-bond donors (Lipinski definition) is 1. The number of pyridine rings is 1. The summed E-state index contributed by atoms with van der Waals surface area (Å²) in [5.74, 6) is -2.60. The Hall–Kier alpha value is -3.83. The largest absolute Gasteiger partial charge is 0.465 e. The zero-order valence-electron chi connectivity index (χ0n) is 22.4. The molecule has 11 heteroatoms. The molecule has 2 aromatic heterocycles. The van der Waals surface area contributed by atoms with E-state index in [0.717, 1.165) is 48.5 Å². The number of hydrogen-bond acceptors (Lipinski definition) is 10. The molecule has 10 nitrogen and oxygen atoms in total. The van der Waals surface area contributed by atoms with Crippen molar-refractivity contribution in [3.05, 3.63) is 57.1 Å². The van der Waals surface area contributed by atoms with Crippen LogP contribution in [-0.4, -0.2) is 67.1 Å². The SMILES string of the molecule is CCCN1CCc2nc3ccccc3c(C(=O)OCC(=O)Nc3sc(C(=O)OCC)c(C)c3C(=O)OC)c2C1. The zero-order valence-corrected chi connectivity index (χ0v) is 23.2. The second-order valence-corrected chi connectivity index (χ2v) is 10.1. The number of fused-ring (bicyclic) bond motifs is 2. The van der Waals surface area contributed by atoms with Crippen molar-refractivity contribution < 1.29 is 33.4 Å². The fourth-order valence-electron chi connectivity index (χ4n) is 4.69. The second-order valence-electron chi connectivity index (χ2n) is 9.05. The van der Waals surface area contributed by atoms with E-state index in [1.54, 1.807) is 13.8 Å². The van der Waals surface area contributed by atoms with Crippen molar-refractivity contribution in [2.24, 2.45) is 0 Å². The summed E-state index contributed by atoms with van der Waals surface area (Å²) < 4.78 is 15.4. The van der Waals surface area contributed by atoms with E-state index in [1.807, 2.05) is 24.3 Å². The van der Waals surface area contributed by atoms with E-state index in [9.17, 15) is 19.2 Å². The van der Waals surface area contributed by atoms with Gasteiger partial charge in [0.2, 0.25) is 0 Å². The standard InChI is InChI=1S/C28H31N3O7S/c1-5-12-31-13-11-20-18(14-31)23(17-9-7-8-10-19(17)29-20)27(34)38-15-21(32)30-25-22(26(33)36-4)16(3)24(39-25)28(35)37-6-2/h7-10H,5-6,11-15H2,1-4H3,(H,30,32). The van der Waals surface area contributed by atoms with Gasteiger partial charge in [-0.3, -0.25) is 14.7 Å². The number of methoxy groups -OCH3 is 1. The Morgan fingerprint density at radius 2 is 1.82 bits per heavy atom. The second kappa shape index (κ2) is 12.4. The fraction of sp³-hybridized carbons (Fsp3) is 0.393. The number of carbonyl (C=O) groups excluding carboxylic acids is 4. The van der Waals surface area contributed by atoms with Gasteiger partial charge in [0.15, 0.2) is 6.61 Å². The van der Waals surface area contributed by atoms with Crippen LogP contribution in [-0.2, 0) is 32.0 Å². The predicted molar refractivity (Wildman–Crippen MR) is 146 cm³/mol. The van der Waals surface area contributed by atoms with Gasteiger partial charge in [0.25, 0.3) is 5.91 Å². The molecule has 1 aliphatic rings. The Kier molecular flexibility index (Phi) is 8.93. The van der Waals surface area contributed by atoms with Gasteiger partial charge in [0.05, 0.1) is 30.4 Å². The van der Waals surface area contributed by atoms with Crippen LogP contribution in [0.1, 0.15) is 67.5 Å². The van der Waals surface area contributed by atoms with Gasteiger partial charge in [-0.15, -0.1) is 11.3 Å². The van der Waals surface area contributed by atoms with Crippen LogP contribution in [0.3, 0.4) is 0 Å². The maximum absolute atomic E-state index is 13.4. The van der Waals surface area contributed by atoms with Gasteiger partial charge in [-0.25, -0.2) is 14.4 Å². The number of nitrogens with zero attached hydrogens (tertiary/aromatic N) is 2. The number of esters is 3. The molecular formula is C28H31N3O7S. The fourth-order valence-corrected chi connectivity index (χ4v) is 5.80. The minimum atomic E-state index is -0.710. The third-order valence-electron chi connectivity index (χ3n) is 6.45. The molecule has 0 fully saturated rings. The van der Waals surface area contributed by atoms with E-state index < -0.39 is 30.4 Å². The normalized spacial score (nSPS) is 13.0. The Labute approximate surface area is 230 Å². The summed E-state index contributed by atoms with van der Waals surface area (Å²) in [7, 11) is 1.21. The lowest BCUT2D eigenvalue weighted by molar-refractivity contribution is -0.119. The monoisotopic (exact) mass is 553 g/mol. The highest BCUT2D eigenvalue weighted by Crippen LogP contribution is 2.34. The van der Waals surface area contributed by atoms with Crippen LogP contribution in [0.2, 0.25) is 0 Å². The lowest BCUT2D eigenvalue weighted by atomic mass is 9.95. The minimum absolute atomic E-state index is 0.0513. The van der Waals surface area contributed by atoms with E-state index >= 15 is 0 Å². The number of nitrogens with one attached hydrogen (secondary N) is 1. The molecule has 206 valence electrons. The first-order valence-electron chi connectivity index (χ1n) is 12.8. The molecule has 3 aromatic rings. The van der Waals surface area contributed by atoms with Crippen molar-refractivity contribution in [3.8, 4) is 0 Å². The molecule has 3 heterocycles. The molecule has 0 spiro atoms. The topological polar surface area (TPSA) is 124 Å². The molecule has 0 saturated heterocycles. The van der Waals surface area contributed by atoms with Crippen LogP contribution in [0.4, 0.5) is 5.00 Å². The van der Waals surface area contributed by atoms with Crippen molar-refractivity contribution in [3.63, 3.8) is 0 Å². The van der Waals surface area contributed by atoms with Gasteiger partial charge in [-0.1, -0.05) is 25.1 Å². The summed E-state index contributed by atoms with van der Waals surface area (Å²) >= 11 is 0.901. The zero-order chi connectivity index (χ0) is 28.1. The smallest absolute Gasteiger partial charge is 0.348 e. The van der Waals surface area contributed by atoms with Gasteiger partial charge in [-0.2, -0.15) is 0 Å². The van der Waals surface area contributed by atoms with Crippen molar-refractivity contribution >= 4 is 51.1 Å². The number of amides is 1. The Morgan fingerprint density at radius 1 is 1.05 bits per heavy atom. The first-order chi connectivity index (χ1) is 18.8. The summed E-state index contributed by atoms with van der Waals surface area (Å²) in [6.07, 6.45) is 1.71. The van der Waals surface area contributed by atoms with Gasteiger partial charge in [-0.05, 0) is 38.4 Å². The molecule has 0 atom stereocenters. The van der Waals surface area contributed by atoms with Crippen LogP contribution in [0.5, 0.6) is 0 Å². The number of carbonyl (C=O) groups is 4. The van der Waals surface area contributed by atoms with Crippen molar-refractivity contribution in [1.29, 1.82) is 0 Å². The number of benzene rings is 1. The van der Waals surface area contributed by atoms with Crippen LogP contribution in [0, 0.1) is 6.92 Å². The maximum atomic E-state index is 13.4. The highest BCUT2D eigenvalue weighted by molar-refractivity contribution is 7.18. The molecule has 0 radical (unpaired) electrons. The summed E-state index contributed by atoms with van der Waals surface area (Å²) in [5.41, 5.74) is 3.18. The van der Waals surface area contributed by atoms with Gasteiger partial charge < -0.3 is 19.5 Å². The van der Waals surface area contributed by atoms with E-state index in [0.29, 0.717) is 28.6 Å². The van der Waals surface area contributed by atoms with Crippen LogP contribution in [0.25, 0.3) is 10.9 Å². The summed E-state index contributed by atoms with van der Waals surface area (Å²) in [6, 6.07) is 7.38. The number of ether oxygens (including phenoxy) is 3. The molecule has 0 bridgehead atoms. The Morgan fingerprint density at radius 3 is 2.54 bits per heavy atom. The van der Waals surface area contributed by atoms with E-state index in [-0.39, 0.29) is 22.0 Å². The number of aromatic nitrogens is 1. The predicted octanol–water partition coefficient (Wildman–Crippen LogP) is 4.13. The summed E-state index contributed by atoms with van der Waals surface area (Å²) in [6.45, 7) is 7.26. The van der Waals surface area contributed by atoms with E-state index in [2.05, 4.69) is 17.1 Å². The average molecular weight is 554 g/mol. The average Bonchev–Trinajstić information content (AvgIpc) is 3.25. The van der Waals surface area contributed by atoms with Crippen molar-refractivity contribution in [1.82, 2.24) is 9.88 Å². The van der Waals surface area contributed by atoms with Crippen LogP contribution in [0.15, 0.2) is 24.3 Å². The molecule has 0 saturated carbocycles. The summed E-state index contributed by atoms with van der Waals surface area (Å²) in [5, 5.41) is 3.37. The first kappa shape index (κ1) is 28.2. The van der Waals surface area contributed by atoms with E-state index in [1.165, 1.54) is 7.11 Å². The number of rotatable bonds is 9. The molecule has 1 N–H and O–H groups in total. The molecule has 1 amide bonds. The van der Waals surface area contributed by atoms with Gasteiger partial charge >= 0.3 is 17.9 Å². The number of thiophene rings is 1. The van der Waals surface area contributed by atoms with Gasteiger partial charge in [0, 0.05) is 36.2 Å². The van der Waals surface area contributed by atoms with Crippen LogP contribution < -0.4 is 5.32 Å². The molecule has 39 heavy (non-hydrogen) atoms. The Bertz CT molecular complexity index is 1430. The van der Waals surface area contributed by atoms with Gasteiger partial charge in [0.1, 0.15) is 9.88 Å². The van der Waals surface area contributed by atoms with E-state index in [4.69, 9.17) is 19.2 Å². The van der Waals surface area contributed by atoms with Crippen molar-refractivity contribution in [2.75, 3.05) is 38.7 Å². The quantitative estimate of drug-likeness (QED) is 0.308. The summed E-state index contributed by atoms with van der Waals surface area (Å²) in [4.78, 5) is 58.2. The highest BCUT2D eigenvalue weighted by Gasteiger charge is 2.29. The lowest BCUT2D eigenvalue weighted by Gasteiger charge is -2.29. The first-order valence-corrected chi connectivity index (χ1v) is 13.6. The maximum Gasteiger partial charge on any atom is 0.348 e. The molecular weight excluding hydrogens is 522 g/mol.